The predicted molar refractivity (Wildman–Crippen MR) is 77.2 cm³/mol. The van der Waals surface area contributed by atoms with Crippen molar-refractivity contribution in [3.8, 4) is 0 Å². The Balaban J connectivity index is 4.36. The standard InChI is InChI=1S/C14H26S/c1-5-9-10-14-15(11-6-2,12-7-3)13-8-4/h6-8H,2-5,9-14H2,1H3. The van der Waals surface area contributed by atoms with E-state index in [4.69, 9.17) is 0 Å². The molecule has 0 radical (unpaired) electrons. The average molecular weight is 226 g/mol. The highest BCUT2D eigenvalue weighted by Gasteiger charge is 2.18. The van der Waals surface area contributed by atoms with Gasteiger partial charge in [-0.1, -0.05) is 38.0 Å². The zero-order chi connectivity index (χ0) is 11.6. The third kappa shape index (κ3) is 5.88. The maximum absolute atomic E-state index is 3.89. The second kappa shape index (κ2) is 8.84. The summed E-state index contributed by atoms with van der Waals surface area (Å²) in [5.41, 5.74) is 0. The van der Waals surface area contributed by atoms with E-state index in [9.17, 15) is 0 Å². The van der Waals surface area contributed by atoms with Gasteiger partial charge in [-0.25, -0.2) is 10.0 Å². The molecule has 0 saturated carbocycles. The van der Waals surface area contributed by atoms with E-state index in [2.05, 4.69) is 44.9 Å². The zero-order valence-electron chi connectivity index (χ0n) is 10.2. The second-order valence-corrected chi connectivity index (χ2v) is 7.86. The summed E-state index contributed by atoms with van der Waals surface area (Å²) in [5, 5.41) is 0. The summed E-state index contributed by atoms with van der Waals surface area (Å²) in [6, 6.07) is 0. The minimum atomic E-state index is -0.573. The molecule has 0 aromatic heterocycles. The zero-order valence-corrected chi connectivity index (χ0v) is 11.0. The van der Waals surface area contributed by atoms with E-state index in [0.29, 0.717) is 0 Å². The SMILES string of the molecule is C=CCS(CC=C)(CC=C)CCCCC. The van der Waals surface area contributed by atoms with Crippen molar-refractivity contribution < 1.29 is 0 Å². The third-order valence-corrected chi connectivity index (χ3v) is 6.58. The van der Waals surface area contributed by atoms with Gasteiger partial charge in [-0.3, -0.25) is 0 Å². The van der Waals surface area contributed by atoms with Crippen molar-refractivity contribution in [2.45, 2.75) is 26.2 Å². The highest BCUT2D eigenvalue weighted by Crippen LogP contribution is 2.48. The van der Waals surface area contributed by atoms with Crippen molar-refractivity contribution in [1.82, 2.24) is 0 Å². The smallest absolute Gasteiger partial charge is 0.00435 e. The van der Waals surface area contributed by atoms with Crippen LogP contribution in [0.2, 0.25) is 0 Å². The fourth-order valence-electron chi connectivity index (χ4n) is 1.86. The van der Waals surface area contributed by atoms with E-state index >= 15 is 0 Å². The third-order valence-electron chi connectivity index (χ3n) is 2.60. The Bertz CT molecular complexity index is 167. The molecule has 0 aliphatic heterocycles. The molecule has 0 spiro atoms. The molecule has 0 rings (SSSR count). The molecule has 0 aliphatic rings. The molecular weight excluding hydrogens is 200 g/mol. The van der Waals surface area contributed by atoms with Gasteiger partial charge in [0.05, 0.1) is 0 Å². The van der Waals surface area contributed by atoms with Crippen LogP contribution >= 0.6 is 10.0 Å². The van der Waals surface area contributed by atoms with Crippen LogP contribution in [0, 0.1) is 0 Å². The molecule has 0 N–H and O–H groups in total. The molecule has 0 aromatic carbocycles. The van der Waals surface area contributed by atoms with E-state index in [1.54, 1.807) is 0 Å². The first-order chi connectivity index (χ1) is 7.24. The molecule has 0 bridgehead atoms. The van der Waals surface area contributed by atoms with Crippen molar-refractivity contribution in [2.24, 2.45) is 0 Å². The summed E-state index contributed by atoms with van der Waals surface area (Å²) in [6.45, 7) is 13.9. The molecule has 1 heteroatoms. The summed E-state index contributed by atoms with van der Waals surface area (Å²) < 4.78 is 0. The van der Waals surface area contributed by atoms with Gasteiger partial charge in [0.2, 0.25) is 0 Å². The summed E-state index contributed by atoms with van der Waals surface area (Å²) in [4.78, 5) is 0. The van der Waals surface area contributed by atoms with E-state index < -0.39 is 10.0 Å². The summed E-state index contributed by atoms with van der Waals surface area (Å²) in [6.07, 6.45) is 10.2. The largest absolute Gasteiger partial charge is 0.231 e. The van der Waals surface area contributed by atoms with Crippen molar-refractivity contribution >= 4 is 10.0 Å². The Hall–Kier alpha value is -0.430. The van der Waals surface area contributed by atoms with Gasteiger partial charge in [-0.15, -0.1) is 19.7 Å². The molecule has 0 atom stereocenters. The lowest BCUT2D eigenvalue weighted by molar-refractivity contribution is 0.776. The van der Waals surface area contributed by atoms with Gasteiger partial charge in [0, 0.05) is 0 Å². The molecule has 0 heterocycles. The molecule has 15 heavy (non-hydrogen) atoms. The maximum atomic E-state index is 3.89. The Morgan fingerprint density at radius 2 is 1.33 bits per heavy atom. The molecule has 0 nitrogen and oxygen atoms in total. The Kier molecular flexibility index (Phi) is 8.59. The molecule has 0 aromatic rings. The normalized spacial score (nSPS) is 12.1. The molecule has 0 amide bonds. The van der Waals surface area contributed by atoms with Crippen molar-refractivity contribution in [3.63, 3.8) is 0 Å². The lowest BCUT2D eigenvalue weighted by Crippen LogP contribution is -2.14. The summed E-state index contributed by atoms with van der Waals surface area (Å²) in [5.74, 6) is 4.84. The summed E-state index contributed by atoms with van der Waals surface area (Å²) in [7, 11) is -0.573. The molecule has 0 saturated heterocycles. The van der Waals surface area contributed by atoms with Crippen molar-refractivity contribution in [1.29, 1.82) is 0 Å². The van der Waals surface area contributed by atoms with Gasteiger partial charge < -0.3 is 0 Å². The van der Waals surface area contributed by atoms with Crippen LogP contribution in [0.1, 0.15) is 26.2 Å². The first-order valence-electron chi connectivity index (χ1n) is 5.81. The number of hydrogen-bond acceptors (Lipinski definition) is 0. The van der Waals surface area contributed by atoms with Gasteiger partial charge in [0.1, 0.15) is 0 Å². The van der Waals surface area contributed by atoms with Crippen LogP contribution in [-0.2, 0) is 0 Å². The topological polar surface area (TPSA) is 0 Å². The highest BCUT2D eigenvalue weighted by atomic mass is 32.3. The monoisotopic (exact) mass is 226 g/mol. The number of rotatable bonds is 10. The molecule has 0 fully saturated rings. The average Bonchev–Trinajstić information content (AvgIpc) is 2.19. The van der Waals surface area contributed by atoms with E-state index in [-0.39, 0.29) is 0 Å². The molecule has 0 aliphatic carbocycles. The van der Waals surface area contributed by atoms with Crippen LogP contribution in [0.3, 0.4) is 0 Å². The quantitative estimate of drug-likeness (QED) is 0.379. The number of hydrogen-bond donors (Lipinski definition) is 0. The van der Waals surface area contributed by atoms with Crippen molar-refractivity contribution in [2.75, 3.05) is 23.0 Å². The van der Waals surface area contributed by atoms with Crippen LogP contribution in [0.25, 0.3) is 0 Å². The van der Waals surface area contributed by atoms with Crippen LogP contribution < -0.4 is 0 Å². The number of unbranched alkanes of at least 4 members (excludes halogenated alkanes) is 2. The van der Waals surface area contributed by atoms with Crippen LogP contribution in [0.4, 0.5) is 0 Å². The lowest BCUT2D eigenvalue weighted by atomic mass is 10.3. The fourth-order valence-corrected chi connectivity index (χ4v) is 5.09. The van der Waals surface area contributed by atoms with E-state index in [1.165, 1.54) is 25.0 Å². The first-order valence-corrected chi connectivity index (χ1v) is 8.12. The van der Waals surface area contributed by atoms with E-state index in [1.807, 2.05) is 0 Å². The maximum Gasteiger partial charge on any atom is -0.00435 e. The van der Waals surface area contributed by atoms with Crippen LogP contribution in [0.15, 0.2) is 38.0 Å². The highest BCUT2D eigenvalue weighted by molar-refractivity contribution is 8.34. The van der Waals surface area contributed by atoms with Gasteiger partial charge in [0.15, 0.2) is 0 Å². The predicted octanol–water partition coefficient (Wildman–Crippen LogP) is 4.54. The fraction of sp³-hybridized carbons (Fsp3) is 0.571. The molecule has 88 valence electrons. The molecular formula is C14H26S. The second-order valence-electron chi connectivity index (χ2n) is 4.00. The Morgan fingerprint density at radius 3 is 1.67 bits per heavy atom. The minimum Gasteiger partial charge on any atom is -0.231 e. The first kappa shape index (κ1) is 14.6. The van der Waals surface area contributed by atoms with Crippen molar-refractivity contribution in [3.05, 3.63) is 38.0 Å². The van der Waals surface area contributed by atoms with Gasteiger partial charge in [-0.05, 0) is 29.4 Å². The van der Waals surface area contributed by atoms with Gasteiger partial charge >= 0.3 is 0 Å². The minimum absolute atomic E-state index is 0.573. The van der Waals surface area contributed by atoms with Gasteiger partial charge in [-0.2, -0.15) is 0 Å². The van der Waals surface area contributed by atoms with Gasteiger partial charge in [0.25, 0.3) is 0 Å². The summed E-state index contributed by atoms with van der Waals surface area (Å²) >= 11 is 0. The Morgan fingerprint density at radius 1 is 0.867 bits per heavy atom. The Labute approximate surface area is 97.5 Å². The van der Waals surface area contributed by atoms with E-state index in [0.717, 1.165) is 17.3 Å². The van der Waals surface area contributed by atoms with Crippen LogP contribution in [-0.4, -0.2) is 23.0 Å². The lowest BCUT2D eigenvalue weighted by Gasteiger charge is -2.38. The van der Waals surface area contributed by atoms with Crippen LogP contribution in [0.5, 0.6) is 0 Å². The molecule has 0 unspecified atom stereocenters.